The van der Waals surface area contributed by atoms with Gasteiger partial charge in [0.2, 0.25) is 0 Å². The third-order valence-electron chi connectivity index (χ3n) is 4.81. The van der Waals surface area contributed by atoms with E-state index in [1.165, 1.54) is 0 Å². The van der Waals surface area contributed by atoms with Crippen molar-refractivity contribution in [3.05, 3.63) is 36.0 Å². The molecule has 4 N–H and O–H groups in total. The van der Waals surface area contributed by atoms with Crippen LogP contribution in [-0.4, -0.2) is 35.7 Å². The molecular formula is C16H19N3O2. The first kappa shape index (κ1) is 12.9. The number of hydrogen-bond donors (Lipinski definition) is 3. The Labute approximate surface area is 122 Å². The summed E-state index contributed by atoms with van der Waals surface area (Å²) in [6.45, 7) is 0.771. The molecule has 2 aromatic rings. The van der Waals surface area contributed by atoms with Crippen LogP contribution in [0.4, 0.5) is 0 Å². The highest BCUT2D eigenvalue weighted by molar-refractivity contribution is 6.06. The molecule has 21 heavy (non-hydrogen) atoms. The molecule has 4 atom stereocenters. The second kappa shape index (κ2) is 4.86. The van der Waals surface area contributed by atoms with E-state index in [-0.39, 0.29) is 24.1 Å². The van der Waals surface area contributed by atoms with Gasteiger partial charge in [0.05, 0.1) is 12.1 Å². The highest BCUT2D eigenvalue weighted by Crippen LogP contribution is 2.37. The molecule has 4 rings (SSSR count). The molecule has 110 valence electrons. The fraction of sp³-hybridized carbons (Fsp3) is 0.438. The van der Waals surface area contributed by atoms with E-state index in [0.717, 1.165) is 30.4 Å². The van der Waals surface area contributed by atoms with Crippen molar-refractivity contribution in [3.63, 3.8) is 0 Å². The van der Waals surface area contributed by atoms with E-state index >= 15 is 0 Å². The summed E-state index contributed by atoms with van der Waals surface area (Å²) in [5, 5.41) is 4.00. The van der Waals surface area contributed by atoms with Gasteiger partial charge >= 0.3 is 0 Å². The number of amides is 1. The fourth-order valence-electron chi connectivity index (χ4n) is 3.64. The van der Waals surface area contributed by atoms with E-state index in [0.29, 0.717) is 11.5 Å². The number of fused-ring (bicyclic) bond motifs is 2. The molecular weight excluding hydrogens is 266 g/mol. The Morgan fingerprint density at radius 2 is 2.29 bits per heavy atom. The molecule has 1 amide bonds. The number of hydrogen-bond acceptors (Lipinski definition) is 3. The first-order valence-electron chi connectivity index (χ1n) is 7.50. The van der Waals surface area contributed by atoms with Crippen molar-refractivity contribution in [3.8, 4) is 0 Å². The number of rotatable bonds is 2. The van der Waals surface area contributed by atoms with E-state index in [2.05, 4.69) is 10.3 Å². The van der Waals surface area contributed by atoms with Crippen LogP contribution in [0.5, 0.6) is 0 Å². The molecule has 5 heteroatoms. The number of nitrogens with one attached hydrogen (secondary N) is 2. The third kappa shape index (κ3) is 1.96. The summed E-state index contributed by atoms with van der Waals surface area (Å²) < 4.78 is 5.77. The number of benzene rings is 1. The number of carbonyl (C=O) groups excluding carboxylic acids is 1. The topological polar surface area (TPSA) is 80.1 Å². The highest BCUT2D eigenvalue weighted by atomic mass is 16.5. The molecule has 0 bridgehead atoms. The van der Waals surface area contributed by atoms with Crippen LogP contribution in [0.2, 0.25) is 0 Å². The standard InChI is InChI=1S/C16H19N3O2/c17-13-11-4-2-8-21-15(11)14(13)19-16(20)10-3-1-5-12-9(10)6-7-18-12/h1,3,5-7,11,13-15,18H,2,4,8,17H2,(H,19,20). The molecule has 1 saturated carbocycles. The molecule has 2 fully saturated rings. The lowest BCUT2D eigenvalue weighted by Gasteiger charge is -2.52. The lowest BCUT2D eigenvalue weighted by molar-refractivity contribution is -0.117. The van der Waals surface area contributed by atoms with E-state index in [4.69, 9.17) is 10.5 Å². The molecule has 1 aliphatic carbocycles. The van der Waals surface area contributed by atoms with Crippen molar-refractivity contribution in [2.75, 3.05) is 6.61 Å². The second-order valence-corrected chi connectivity index (χ2v) is 5.96. The van der Waals surface area contributed by atoms with Crippen molar-refractivity contribution >= 4 is 16.8 Å². The van der Waals surface area contributed by atoms with Crippen LogP contribution in [0.1, 0.15) is 23.2 Å². The predicted molar refractivity (Wildman–Crippen MR) is 80.0 cm³/mol. The SMILES string of the molecule is NC1C2CCCOC2C1NC(=O)c1cccc2[nH]ccc12. The summed E-state index contributed by atoms with van der Waals surface area (Å²) in [5.41, 5.74) is 7.84. The van der Waals surface area contributed by atoms with Crippen LogP contribution in [-0.2, 0) is 4.74 Å². The first-order chi connectivity index (χ1) is 10.3. The minimum Gasteiger partial charge on any atom is -0.376 e. The van der Waals surface area contributed by atoms with Gasteiger partial charge in [0.1, 0.15) is 0 Å². The summed E-state index contributed by atoms with van der Waals surface area (Å²) in [6, 6.07) is 7.54. The lowest BCUT2D eigenvalue weighted by atomic mass is 9.68. The Balaban J connectivity index is 1.55. The average molecular weight is 285 g/mol. The number of ether oxygens (including phenoxy) is 1. The van der Waals surface area contributed by atoms with Gasteiger partial charge in [-0.25, -0.2) is 0 Å². The third-order valence-corrected chi connectivity index (χ3v) is 4.81. The Kier molecular flexibility index (Phi) is 2.97. The number of H-pyrrole nitrogens is 1. The minimum atomic E-state index is -0.0757. The molecule has 2 aliphatic rings. The van der Waals surface area contributed by atoms with Crippen LogP contribution in [0.25, 0.3) is 10.9 Å². The van der Waals surface area contributed by atoms with Crippen molar-refractivity contribution in [2.45, 2.75) is 31.0 Å². The van der Waals surface area contributed by atoms with Crippen LogP contribution < -0.4 is 11.1 Å². The molecule has 1 saturated heterocycles. The predicted octanol–water partition coefficient (Wildman–Crippen LogP) is 1.40. The molecule has 2 heterocycles. The van der Waals surface area contributed by atoms with Gasteiger partial charge in [-0.3, -0.25) is 4.79 Å². The summed E-state index contributed by atoms with van der Waals surface area (Å²) in [6.07, 6.45) is 4.10. The summed E-state index contributed by atoms with van der Waals surface area (Å²) in [7, 11) is 0. The Morgan fingerprint density at radius 3 is 3.19 bits per heavy atom. The minimum absolute atomic E-state index is 0.00433. The van der Waals surface area contributed by atoms with Crippen LogP contribution >= 0.6 is 0 Å². The Hall–Kier alpha value is -1.85. The van der Waals surface area contributed by atoms with Crippen LogP contribution in [0.15, 0.2) is 30.5 Å². The molecule has 1 aromatic heterocycles. The molecule has 1 aromatic carbocycles. The van der Waals surface area contributed by atoms with E-state index < -0.39 is 0 Å². The lowest BCUT2D eigenvalue weighted by Crippen LogP contribution is -2.72. The van der Waals surface area contributed by atoms with Gasteiger partial charge in [-0.2, -0.15) is 0 Å². The quantitative estimate of drug-likeness (QED) is 0.780. The number of aromatic amines is 1. The van der Waals surface area contributed by atoms with Crippen LogP contribution in [0, 0.1) is 5.92 Å². The smallest absolute Gasteiger partial charge is 0.252 e. The molecule has 5 nitrogen and oxygen atoms in total. The molecule has 4 unspecified atom stereocenters. The second-order valence-electron chi connectivity index (χ2n) is 5.96. The van der Waals surface area contributed by atoms with E-state index in [9.17, 15) is 4.79 Å². The van der Waals surface area contributed by atoms with E-state index in [1.54, 1.807) is 0 Å². The molecule has 0 spiro atoms. The number of aromatic nitrogens is 1. The zero-order valence-corrected chi connectivity index (χ0v) is 11.7. The maximum absolute atomic E-state index is 12.5. The van der Waals surface area contributed by atoms with Crippen LogP contribution in [0.3, 0.4) is 0 Å². The van der Waals surface area contributed by atoms with Gasteiger partial charge in [-0.15, -0.1) is 0 Å². The largest absolute Gasteiger partial charge is 0.376 e. The maximum Gasteiger partial charge on any atom is 0.252 e. The van der Waals surface area contributed by atoms with Crippen molar-refractivity contribution < 1.29 is 9.53 Å². The van der Waals surface area contributed by atoms with Crippen molar-refractivity contribution in [2.24, 2.45) is 11.7 Å². The van der Waals surface area contributed by atoms with Crippen molar-refractivity contribution in [1.82, 2.24) is 10.3 Å². The van der Waals surface area contributed by atoms with Gasteiger partial charge in [0.15, 0.2) is 0 Å². The zero-order chi connectivity index (χ0) is 14.4. The van der Waals surface area contributed by atoms with Gasteiger partial charge < -0.3 is 20.8 Å². The Morgan fingerprint density at radius 1 is 1.38 bits per heavy atom. The van der Waals surface area contributed by atoms with Gasteiger partial charge in [-0.1, -0.05) is 6.07 Å². The summed E-state index contributed by atoms with van der Waals surface area (Å²) >= 11 is 0. The summed E-state index contributed by atoms with van der Waals surface area (Å²) in [5.74, 6) is 0.320. The average Bonchev–Trinajstić information content (AvgIpc) is 3.00. The normalized spacial score (nSPS) is 31.5. The van der Waals surface area contributed by atoms with Gasteiger partial charge in [-0.05, 0) is 31.0 Å². The van der Waals surface area contributed by atoms with Gasteiger partial charge in [0, 0.05) is 41.2 Å². The zero-order valence-electron chi connectivity index (χ0n) is 11.7. The highest BCUT2D eigenvalue weighted by Gasteiger charge is 2.51. The Bertz CT molecular complexity index is 681. The molecule has 0 radical (unpaired) electrons. The summed E-state index contributed by atoms with van der Waals surface area (Å²) in [4.78, 5) is 15.7. The number of nitrogens with two attached hydrogens (primary N) is 1. The van der Waals surface area contributed by atoms with Crippen molar-refractivity contribution in [1.29, 1.82) is 0 Å². The fourth-order valence-corrected chi connectivity index (χ4v) is 3.64. The first-order valence-corrected chi connectivity index (χ1v) is 7.50. The van der Waals surface area contributed by atoms with Gasteiger partial charge in [0.25, 0.3) is 5.91 Å². The van der Waals surface area contributed by atoms with E-state index in [1.807, 2.05) is 30.5 Å². The molecule has 1 aliphatic heterocycles. The maximum atomic E-state index is 12.5. The number of carbonyl (C=O) groups is 1. The monoisotopic (exact) mass is 285 g/mol.